The molecule has 1 heterocycles. The highest BCUT2D eigenvalue weighted by Gasteiger charge is 2.17. The molecule has 0 aliphatic carbocycles. The molecule has 1 aromatic carbocycles. The molecule has 5 nitrogen and oxygen atoms in total. The second-order valence-corrected chi connectivity index (χ2v) is 4.64. The monoisotopic (exact) mass is 275 g/mol. The van der Waals surface area contributed by atoms with Gasteiger partial charge in [-0.05, 0) is 37.6 Å². The third kappa shape index (κ3) is 2.31. The van der Waals surface area contributed by atoms with Crippen molar-refractivity contribution in [3.63, 3.8) is 0 Å². The van der Waals surface area contributed by atoms with Crippen molar-refractivity contribution in [2.45, 2.75) is 33.2 Å². The molecular weight excluding hydrogens is 254 g/mol. The summed E-state index contributed by atoms with van der Waals surface area (Å²) in [5, 5.41) is 0. The van der Waals surface area contributed by atoms with Gasteiger partial charge in [0.05, 0.1) is 18.5 Å². The van der Waals surface area contributed by atoms with Crippen LogP contribution in [-0.4, -0.2) is 16.5 Å². The van der Waals surface area contributed by atoms with E-state index in [1.54, 1.807) is 11.8 Å². The molecule has 0 saturated carbocycles. The van der Waals surface area contributed by atoms with Crippen LogP contribution in [0.1, 0.15) is 26.0 Å². The Kier molecular flexibility index (Phi) is 4.17. The molecule has 0 aliphatic rings. The normalized spacial score (nSPS) is 10.8. The number of anilines is 1. The summed E-state index contributed by atoms with van der Waals surface area (Å²) >= 11 is 0. The first-order valence-electron chi connectivity index (χ1n) is 6.88. The number of aromatic nitrogens is 2. The summed E-state index contributed by atoms with van der Waals surface area (Å²) in [4.78, 5) is 12.4. The fraction of sp³-hybridized carbons (Fsp3) is 0.400. The van der Waals surface area contributed by atoms with Crippen molar-refractivity contribution in [1.82, 2.24) is 9.36 Å². The van der Waals surface area contributed by atoms with Crippen LogP contribution in [0, 0.1) is 0 Å². The van der Waals surface area contributed by atoms with Gasteiger partial charge in [-0.1, -0.05) is 13.3 Å². The quantitative estimate of drug-likeness (QED) is 0.910. The zero-order chi connectivity index (χ0) is 14.7. The second kappa shape index (κ2) is 5.86. The summed E-state index contributed by atoms with van der Waals surface area (Å²) in [6, 6.07) is 7.40. The van der Waals surface area contributed by atoms with Gasteiger partial charge in [0.2, 0.25) is 0 Å². The Balaban J connectivity index is 2.60. The van der Waals surface area contributed by atoms with Crippen LogP contribution < -0.4 is 16.0 Å². The van der Waals surface area contributed by atoms with E-state index < -0.39 is 0 Å². The standard InChI is InChI=1S/C15H21N3O2/c1-4-6-13-14(16)15(19)18(17(13)5-2)11-7-9-12(20-3)10-8-11/h7-10H,4-6,16H2,1-3H3. The van der Waals surface area contributed by atoms with Crippen LogP contribution in [0.2, 0.25) is 0 Å². The van der Waals surface area contributed by atoms with Gasteiger partial charge in [0.25, 0.3) is 5.56 Å². The lowest BCUT2D eigenvalue weighted by Crippen LogP contribution is -2.22. The van der Waals surface area contributed by atoms with E-state index in [2.05, 4.69) is 6.92 Å². The third-order valence-corrected chi connectivity index (χ3v) is 3.39. The third-order valence-electron chi connectivity index (χ3n) is 3.39. The smallest absolute Gasteiger partial charge is 0.294 e. The molecule has 0 spiro atoms. The van der Waals surface area contributed by atoms with Gasteiger partial charge < -0.3 is 10.5 Å². The predicted molar refractivity (Wildman–Crippen MR) is 80.7 cm³/mol. The summed E-state index contributed by atoms with van der Waals surface area (Å²) in [6.45, 7) is 4.79. The molecule has 1 aromatic heterocycles. The second-order valence-electron chi connectivity index (χ2n) is 4.64. The first kappa shape index (κ1) is 14.2. The molecule has 0 aliphatic heterocycles. The lowest BCUT2D eigenvalue weighted by Gasteiger charge is -2.13. The molecule has 0 bridgehead atoms. The zero-order valence-corrected chi connectivity index (χ0v) is 12.2. The van der Waals surface area contributed by atoms with E-state index in [4.69, 9.17) is 10.5 Å². The van der Waals surface area contributed by atoms with E-state index in [1.807, 2.05) is 35.9 Å². The Morgan fingerprint density at radius 1 is 1.20 bits per heavy atom. The van der Waals surface area contributed by atoms with E-state index in [0.717, 1.165) is 30.0 Å². The van der Waals surface area contributed by atoms with Crippen molar-refractivity contribution in [3.05, 3.63) is 40.3 Å². The highest BCUT2D eigenvalue weighted by atomic mass is 16.5. The summed E-state index contributed by atoms with van der Waals surface area (Å²) < 4.78 is 8.73. The van der Waals surface area contributed by atoms with Crippen LogP contribution in [0.25, 0.3) is 5.69 Å². The average Bonchev–Trinajstić information content (AvgIpc) is 2.72. The Hall–Kier alpha value is -2.17. The largest absolute Gasteiger partial charge is 0.497 e. The average molecular weight is 275 g/mol. The minimum atomic E-state index is -0.152. The molecule has 5 heteroatoms. The molecule has 2 N–H and O–H groups in total. The SMILES string of the molecule is CCCc1c(N)c(=O)n(-c2ccc(OC)cc2)n1CC. The summed E-state index contributed by atoms with van der Waals surface area (Å²) in [5.41, 5.74) is 7.89. The molecule has 0 unspecified atom stereocenters. The van der Waals surface area contributed by atoms with E-state index >= 15 is 0 Å². The number of hydrogen-bond donors (Lipinski definition) is 1. The van der Waals surface area contributed by atoms with Crippen molar-refractivity contribution in [2.75, 3.05) is 12.8 Å². The van der Waals surface area contributed by atoms with Crippen LogP contribution in [-0.2, 0) is 13.0 Å². The zero-order valence-electron chi connectivity index (χ0n) is 12.2. The van der Waals surface area contributed by atoms with Crippen molar-refractivity contribution in [2.24, 2.45) is 0 Å². The number of nitrogens with two attached hydrogens (primary N) is 1. The maximum atomic E-state index is 12.4. The van der Waals surface area contributed by atoms with Gasteiger partial charge in [0.15, 0.2) is 0 Å². The Bertz CT molecular complexity index is 638. The first-order valence-corrected chi connectivity index (χ1v) is 6.88. The lowest BCUT2D eigenvalue weighted by atomic mass is 10.2. The molecule has 108 valence electrons. The van der Waals surface area contributed by atoms with Gasteiger partial charge in [-0.15, -0.1) is 0 Å². The molecule has 2 aromatic rings. The highest BCUT2D eigenvalue weighted by Crippen LogP contribution is 2.18. The number of rotatable bonds is 5. The predicted octanol–water partition coefficient (Wildman–Crippen LogP) is 2.20. The molecule has 20 heavy (non-hydrogen) atoms. The highest BCUT2D eigenvalue weighted by molar-refractivity contribution is 5.46. The summed E-state index contributed by atoms with van der Waals surface area (Å²) in [6.07, 6.45) is 1.76. The van der Waals surface area contributed by atoms with Gasteiger partial charge >= 0.3 is 0 Å². The van der Waals surface area contributed by atoms with E-state index in [0.29, 0.717) is 12.2 Å². The van der Waals surface area contributed by atoms with Gasteiger partial charge in [-0.25, -0.2) is 4.68 Å². The first-order chi connectivity index (χ1) is 9.63. The van der Waals surface area contributed by atoms with E-state index in [9.17, 15) is 4.79 Å². The molecule has 0 fully saturated rings. The molecule has 0 amide bonds. The number of benzene rings is 1. The molecule has 0 atom stereocenters. The Morgan fingerprint density at radius 2 is 1.85 bits per heavy atom. The van der Waals surface area contributed by atoms with Gasteiger partial charge in [0, 0.05) is 6.54 Å². The van der Waals surface area contributed by atoms with Gasteiger partial charge in [-0.3, -0.25) is 9.48 Å². The number of nitrogen functional groups attached to an aromatic ring is 1. The molecule has 2 rings (SSSR count). The van der Waals surface area contributed by atoms with Gasteiger partial charge in [-0.2, -0.15) is 0 Å². The maximum absolute atomic E-state index is 12.4. The van der Waals surface area contributed by atoms with Crippen molar-refractivity contribution < 1.29 is 4.74 Å². The lowest BCUT2D eigenvalue weighted by molar-refractivity contribution is 0.414. The number of nitrogens with zero attached hydrogens (tertiary/aromatic N) is 2. The Morgan fingerprint density at radius 3 is 2.35 bits per heavy atom. The van der Waals surface area contributed by atoms with Crippen molar-refractivity contribution in [1.29, 1.82) is 0 Å². The van der Waals surface area contributed by atoms with Crippen LogP contribution in [0.15, 0.2) is 29.1 Å². The molecule has 0 radical (unpaired) electrons. The van der Waals surface area contributed by atoms with Crippen molar-refractivity contribution >= 4 is 5.69 Å². The maximum Gasteiger partial charge on any atom is 0.294 e. The van der Waals surface area contributed by atoms with E-state index in [-0.39, 0.29) is 5.56 Å². The van der Waals surface area contributed by atoms with Crippen LogP contribution >= 0.6 is 0 Å². The fourth-order valence-corrected chi connectivity index (χ4v) is 2.42. The minimum Gasteiger partial charge on any atom is -0.497 e. The summed E-state index contributed by atoms with van der Waals surface area (Å²) in [7, 11) is 1.62. The van der Waals surface area contributed by atoms with Crippen LogP contribution in [0.3, 0.4) is 0 Å². The summed E-state index contributed by atoms with van der Waals surface area (Å²) in [5.74, 6) is 0.762. The minimum absolute atomic E-state index is 0.152. The van der Waals surface area contributed by atoms with Gasteiger partial charge in [0.1, 0.15) is 11.4 Å². The van der Waals surface area contributed by atoms with Crippen molar-refractivity contribution in [3.8, 4) is 11.4 Å². The topological polar surface area (TPSA) is 62.2 Å². The molecular formula is C15H21N3O2. The Labute approximate surface area is 118 Å². The fourth-order valence-electron chi connectivity index (χ4n) is 2.42. The van der Waals surface area contributed by atoms with Crippen LogP contribution in [0.5, 0.6) is 5.75 Å². The van der Waals surface area contributed by atoms with Crippen LogP contribution in [0.4, 0.5) is 5.69 Å². The molecule has 0 saturated heterocycles. The number of methoxy groups -OCH3 is 1. The van der Waals surface area contributed by atoms with E-state index in [1.165, 1.54) is 0 Å². The number of ether oxygens (including phenoxy) is 1. The number of hydrogen-bond acceptors (Lipinski definition) is 3.